The second-order valence-corrected chi connectivity index (χ2v) is 7.82. The highest BCUT2D eigenvalue weighted by atomic mass is 19.4. The molecule has 2 aromatic heterocycles. The molecule has 2 atom stereocenters. The first kappa shape index (κ1) is 23.6. The van der Waals surface area contributed by atoms with E-state index in [2.05, 4.69) is 4.98 Å². The summed E-state index contributed by atoms with van der Waals surface area (Å²) >= 11 is 0. The lowest BCUT2D eigenvalue weighted by atomic mass is 10.1. The van der Waals surface area contributed by atoms with Gasteiger partial charge in [-0.25, -0.2) is 13.8 Å². The fourth-order valence-electron chi connectivity index (χ4n) is 3.67. The van der Waals surface area contributed by atoms with Crippen molar-refractivity contribution >= 4 is 22.8 Å². The number of hydrogen-bond donors (Lipinski definition) is 2. The van der Waals surface area contributed by atoms with E-state index in [0.717, 1.165) is 22.9 Å². The van der Waals surface area contributed by atoms with Crippen LogP contribution >= 0.6 is 0 Å². The summed E-state index contributed by atoms with van der Waals surface area (Å²) in [5, 5.41) is 11.5. The van der Waals surface area contributed by atoms with Crippen LogP contribution in [0.5, 0.6) is 0 Å². The number of aliphatic hydroxyl groups excluding tert-OH is 1. The number of nitrogens with zero attached hydrogens (tertiary/aromatic N) is 3. The van der Waals surface area contributed by atoms with Crippen LogP contribution in [0.3, 0.4) is 0 Å². The monoisotopic (exact) mass is 482 g/mol. The minimum Gasteiger partial charge on any atom is -0.373 e. The average molecular weight is 482 g/mol. The highest BCUT2D eigenvalue weighted by Gasteiger charge is 2.39. The van der Waals surface area contributed by atoms with Crippen LogP contribution < -0.4 is 15.6 Å². The molecule has 0 aliphatic carbocycles. The molecule has 1 saturated heterocycles. The summed E-state index contributed by atoms with van der Waals surface area (Å²) in [6.45, 7) is 1.70. The summed E-state index contributed by atoms with van der Waals surface area (Å²) in [6, 6.07) is 3.08. The molecule has 2 N–H and O–H groups in total. The summed E-state index contributed by atoms with van der Waals surface area (Å²) in [7, 11) is 0. The number of anilines is 1. The molecule has 1 aliphatic heterocycles. The van der Waals surface area contributed by atoms with E-state index in [1.54, 1.807) is 5.32 Å². The number of benzene rings is 1. The summed E-state index contributed by atoms with van der Waals surface area (Å²) < 4.78 is 68.6. The highest BCUT2D eigenvalue weighted by Crippen LogP contribution is 2.27. The number of alkyl halides is 3. The lowest BCUT2D eigenvalue weighted by Crippen LogP contribution is -2.48. The van der Waals surface area contributed by atoms with Crippen molar-refractivity contribution in [3.8, 4) is 5.69 Å². The number of carbonyl (C=O) groups excluding carboxylic acids is 1. The van der Waals surface area contributed by atoms with Crippen LogP contribution in [0.15, 0.2) is 41.3 Å². The number of carbonyl (C=O) groups is 1. The zero-order chi connectivity index (χ0) is 24.8. The Morgan fingerprint density at radius 3 is 2.56 bits per heavy atom. The van der Waals surface area contributed by atoms with Gasteiger partial charge in [-0.3, -0.25) is 14.2 Å². The third-order valence-electron chi connectivity index (χ3n) is 5.64. The van der Waals surface area contributed by atoms with Crippen LogP contribution in [0.25, 0.3) is 16.7 Å². The topological polar surface area (TPSA) is 87.5 Å². The Hall–Kier alpha value is -3.54. The maximum atomic E-state index is 14.7. The quantitative estimate of drug-likeness (QED) is 0.546. The first-order valence-corrected chi connectivity index (χ1v) is 10.4. The Balaban J connectivity index is 1.91. The van der Waals surface area contributed by atoms with E-state index in [-0.39, 0.29) is 22.5 Å². The SMILES string of the molecule is CC[C@@H](NC(=O)c1cn(-c2ccc(F)cc2F)c2nc(N3CCC3O)ccc2c1=O)C(F)(F)F. The third kappa shape index (κ3) is 4.20. The number of pyridine rings is 2. The van der Waals surface area contributed by atoms with Crippen LogP contribution in [0, 0.1) is 11.6 Å². The van der Waals surface area contributed by atoms with Crippen LogP contribution in [-0.2, 0) is 0 Å². The molecule has 1 aliphatic rings. The smallest absolute Gasteiger partial charge is 0.373 e. The molecule has 1 fully saturated rings. The van der Waals surface area contributed by atoms with Crippen LogP contribution in [0.1, 0.15) is 30.1 Å². The fraction of sp³-hybridized carbons (Fsp3) is 0.318. The molecule has 0 radical (unpaired) electrons. The van der Waals surface area contributed by atoms with Crippen molar-refractivity contribution in [2.75, 3.05) is 11.4 Å². The molecule has 1 amide bonds. The maximum Gasteiger partial charge on any atom is 0.408 e. The van der Waals surface area contributed by atoms with Crippen LogP contribution in [-0.4, -0.2) is 45.6 Å². The van der Waals surface area contributed by atoms with Crippen molar-refractivity contribution in [2.24, 2.45) is 0 Å². The number of aromatic nitrogens is 2. The van der Waals surface area contributed by atoms with Crippen molar-refractivity contribution in [1.82, 2.24) is 14.9 Å². The minimum absolute atomic E-state index is 0.119. The first-order valence-electron chi connectivity index (χ1n) is 10.4. The van der Waals surface area contributed by atoms with E-state index in [9.17, 15) is 36.6 Å². The van der Waals surface area contributed by atoms with Gasteiger partial charge in [-0.05, 0) is 30.7 Å². The van der Waals surface area contributed by atoms with E-state index >= 15 is 0 Å². The molecule has 0 spiro atoms. The number of halogens is 5. The number of rotatable bonds is 5. The van der Waals surface area contributed by atoms with Crippen molar-refractivity contribution < 1.29 is 31.9 Å². The Bertz CT molecular complexity index is 1320. The molecular formula is C22H19F5N4O3. The van der Waals surface area contributed by atoms with Crippen molar-refractivity contribution in [1.29, 1.82) is 0 Å². The number of aliphatic hydroxyl groups is 1. The normalized spacial score (nSPS) is 16.9. The minimum atomic E-state index is -4.74. The van der Waals surface area contributed by atoms with Gasteiger partial charge in [0.05, 0.1) is 11.1 Å². The van der Waals surface area contributed by atoms with E-state index in [1.807, 2.05) is 0 Å². The summed E-state index contributed by atoms with van der Waals surface area (Å²) in [4.78, 5) is 31.6. The van der Waals surface area contributed by atoms with Crippen molar-refractivity contribution in [2.45, 2.75) is 38.2 Å². The zero-order valence-corrected chi connectivity index (χ0v) is 17.7. The molecule has 12 heteroatoms. The standard InChI is InChI=1S/C22H19F5N4O3/c1-2-16(22(25,26)27)28-21(34)13-10-31(15-5-3-11(23)9-14(15)24)20-12(19(13)33)4-6-17(29-20)30-8-7-18(30)32/h3-6,9-10,16,18,32H,2,7-8H2,1H3,(H,28,34)/t16-,18?/m1/s1. The molecule has 1 aromatic carbocycles. The van der Waals surface area contributed by atoms with Crippen LogP contribution in [0.4, 0.5) is 27.8 Å². The molecular weight excluding hydrogens is 463 g/mol. The van der Waals surface area contributed by atoms with Gasteiger partial charge in [0.2, 0.25) is 5.43 Å². The maximum absolute atomic E-state index is 14.7. The fourth-order valence-corrected chi connectivity index (χ4v) is 3.67. The Kier molecular flexibility index (Phi) is 6.02. The number of fused-ring (bicyclic) bond motifs is 1. The van der Waals surface area contributed by atoms with Crippen molar-refractivity contribution in [3.63, 3.8) is 0 Å². The summed E-state index contributed by atoms with van der Waals surface area (Å²) in [5.74, 6) is -2.95. The van der Waals surface area contributed by atoms with Gasteiger partial charge in [-0.1, -0.05) is 6.92 Å². The lowest BCUT2D eigenvalue weighted by Gasteiger charge is -2.38. The van der Waals surface area contributed by atoms with E-state index in [1.165, 1.54) is 24.0 Å². The van der Waals surface area contributed by atoms with Gasteiger partial charge in [-0.2, -0.15) is 13.2 Å². The highest BCUT2D eigenvalue weighted by molar-refractivity contribution is 5.97. The van der Waals surface area contributed by atoms with Gasteiger partial charge in [0.25, 0.3) is 5.91 Å². The molecule has 3 heterocycles. The van der Waals surface area contributed by atoms with E-state index < -0.39 is 53.4 Å². The first-order chi connectivity index (χ1) is 16.0. The van der Waals surface area contributed by atoms with Crippen LogP contribution in [0.2, 0.25) is 0 Å². The largest absolute Gasteiger partial charge is 0.408 e. The number of hydrogen-bond acceptors (Lipinski definition) is 5. The number of amides is 1. The van der Waals surface area contributed by atoms with Gasteiger partial charge >= 0.3 is 6.18 Å². The molecule has 0 bridgehead atoms. The molecule has 1 unspecified atom stereocenters. The van der Waals surface area contributed by atoms with Gasteiger partial charge < -0.3 is 15.3 Å². The second-order valence-electron chi connectivity index (χ2n) is 7.82. The Morgan fingerprint density at radius 2 is 2.00 bits per heavy atom. The predicted octanol–water partition coefficient (Wildman–Crippen LogP) is 3.26. The zero-order valence-electron chi connectivity index (χ0n) is 17.7. The molecule has 3 aromatic rings. The molecule has 34 heavy (non-hydrogen) atoms. The lowest BCUT2D eigenvalue weighted by molar-refractivity contribution is -0.153. The molecule has 4 rings (SSSR count). The Morgan fingerprint density at radius 1 is 1.26 bits per heavy atom. The summed E-state index contributed by atoms with van der Waals surface area (Å²) in [6.07, 6.45) is -4.63. The van der Waals surface area contributed by atoms with Gasteiger partial charge in [0.1, 0.15) is 35.3 Å². The molecule has 180 valence electrons. The predicted molar refractivity (Wildman–Crippen MR) is 113 cm³/mol. The van der Waals surface area contributed by atoms with Gasteiger partial charge in [0, 0.05) is 25.2 Å². The third-order valence-corrected chi connectivity index (χ3v) is 5.64. The summed E-state index contributed by atoms with van der Waals surface area (Å²) in [5.41, 5.74) is -1.98. The van der Waals surface area contributed by atoms with E-state index in [0.29, 0.717) is 19.0 Å². The Labute approximate surface area is 189 Å². The average Bonchev–Trinajstić information content (AvgIpc) is 2.76. The van der Waals surface area contributed by atoms with Crippen molar-refractivity contribution in [3.05, 3.63) is 63.9 Å². The van der Waals surface area contributed by atoms with Gasteiger partial charge in [0.15, 0.2) is 5.65 Å². The number of nitrogens with one attached hydrogen (secondary N) is 1. The second kappa shape index (κ2) is 8.67. The molecule has 0 saturated carbocycles. The van der Waals surface area contributed by atoms with E-state index in [4.69, 9.17) is 0 Å². The molecule has 7 nitrogen and oxygen atoms in total. The van der Waals surface area contributed by atoms with Gasteiger partial charge in [-0.15, -0.1) is 0 Å².